The second-order valence-electron chi connectivity index (χ2n) is 7.06. The van der Waals surface area contributed by atoms with Crippen molar-refractivity contribution in [1.82, 2.24) is 4.98 Å². The van der Waals surface area contributed by atoms with Crippen LogP contribution in [0.1, 0.15) is 30.1 Å². The summed E-state index contributed by atoms with van der Waals surface area (Å²) in [6, 6.07) is 13.6. The van der Waals surface area contributed by atoms with Crippen molar-refractivity contribution in [3.05, 3.63) is 59.2 Å². The first kappa shape index (κ1) is 17.0. The van der Waals surface area contributed by atoms with Gasteiger partial charge in [-0.1, -0.05) is 18.5 Å². The van der Waals surface area contributed by atoms with Crippen molar-refractivity contribution in [3.63, 3.8) is 0 Å². The Bertz CT molecular complexity index is 924. The summed E-state index contributed by atoms with van der Waals surface area (Å²) in [5.41, 5.74) is 3.50. The van der Waals surface area contributed by atoms with Gasteiger partial charge >= 0.3 is 0 Å². The number of rotatable bonds is 3. The Morgan fingerprint density at radius 3 is 2.62 bits per heavy atom. The van der Waals surface area contributed by atoms with Crippen LogP contribution in [0.5, 0.6) is 0 Å². The van der Waals surface area contributed by atoms with Crippen molar-refractivity contribution in [2.75, 3.05) is 23.3 Å². The van der Waals surface area contributed by atoms with Gasteiger partial charge in [0.15, 0.2) is 0 Å². The SMILES string of the molecule is CC1CCN(c2ccc(NC(=O)c3c[nH]c4ccc(Cl)cc34)cc2)CC1. The number of carbonyl (C=O) groups excluding carboxylic acids is 1. The van der Waals surface area contributed by atoms with E-state index in [0.29, 0.717) is 10.6 Å². The molecule has 2 heterocycles. The highest BCUT2D eigenvalue weighted by Gasteiger charge is 2.16. The van der Waals surface area contributed by atoms with E-state index in [1.54, 1.807) is 6.20 Å². The number of halogens is 1. The van der Waals surface area contributed by atoms with E-state index in [-0.39, 0.29) is 5.91 Å². The number of aromatic nitrogens is 1. The molecule has 0 atom stereocenters. The number of piperidine rings is 1. The number of aromatic amines is 1. The molecule has 1 amide bonds. The molecule has 0 unspecified atom stereocenters. The van der Waals surface area contributed by atoms with Crippen LogP contribution >= 0.6 is 11.6 Å². The van der Waals surface area contributed by atoms with E-state index in [1.165, 1.54) is 18.5 Å². The third kappa shape index (κ3) is 3.42. The van der Waals surface area contributed by atoms with Crippen LogP contribution < -0.4 is 10.2 Å². The maximum atomic E-state index is 12.6. The van der Waals surface area contributed by atoms with Crippen LogP contribution in [0.3, 0.4) is 0 Å². The average Bonchev–Trinajstić information content (AvgIpc) is 3.06. The zero-order valence-corrected chi connectivity index (χ0v) is 15.5. The summed E-state index contributed by atoms with van der Waals surface area (Å²) in [5.74, 6) is 0.674. The molecule has 4 rings (SSSR count). The van der Waals surface area contributed by atoms with E-state index < -0.39 is 0 Å². The van der Waals surface area contributed by atoms with Gasteiger partial charge in [0.05, 0.1) is 5.56 Å². The van der Waals surface area contributed by atoms with Gasteiger partial charge in [-0.05, 0) is 61.2 Å². The minimum Gasteiger partial charge on any atom is -0.372 e. The van der Waals surface area contributed by atoms with Crippen molar-refractivity contribution in [2.24, 2.45) is 5.92 Å². The van der Waals surface area contributed by atoms with Crippen molar-refractivity contribution >= 4 is 39.8 Å². The van der Waals surface area contributed by atoms with Crippen LogP contribution in [-0.4, -0.2) is 24.0 Å². The molecule has 0 aliphatic carbocycles. The van der Waals surface area contributed by atoms with Crippen molar-refractivity contribution < 1.29 is 4.79 Å². The number of hydrogen-bond acceptors (Lipinski definition) is 2. The quantitative estimate of drug-likeness (QED) is 0.659. The zero-order chi connectivity index (χ0) is 18.1. The predicted octanol–water partition coefficient (Wildman–Crippen LogP) is 5.31. The fourth-order valence-corrected chi connectivity index (χ4v) is 3.67. The molecule has 1 aliphatic heterocycles. The van der Waals surface area contributed by atoms with E-state index in [2.05, 4.69) is 34.3 Å². The van der Waals surface area contributed by atoms with Crippen LogP contribution in [0, 0.1) is 5.92 Å². The molecule has 2 N–H and O–H groups in total. The smallest absolute Gasteiger partial charge is 0.257 e. The molecule has 3 aromatic rings. The second-order valence-corrected chi connectivity index (χ2v) is 7.50. The second kappa shape index (κ2) is 7.04. The van der Waals surface area contributed by atoms with Gasteiger partial charge in [-0.2, -0.15) is 0 Å². The standard InChI is InChI=1S/C21H22ClN3O/c1-14-8-10-25(11-9-14)17-5-3-16(4-6-17)24-21(26)19-13-23-20-7-2-15(22)12-18(19)20/h2-7,12-14,23H,8-11H2,1H3,(H,24,26). The van der Waals surface area contributed by atoms with Gasteiger partial charge in [0, 0.05) is 46.6 Å². The summed E-state index contributed by atoms with van der Waals surface area (Å²) in [6.07, 6.45) is 4.20. The number of anilines is 2. The highest BCUT2D eigenvalue weighted by atomic mass is 35.5. The average molecular weight is 368 g/mol. The Balaban J connectivity index is 1.48. The Morgan fingerprint density at radius 2 is 1.88 bits per heavy atom. The van der Waals surface area contributed by atoms with E-state index in [1.807, 2.05) is 30.3 Å². The highest BCUT2D eigenvalue weighted by Crippen LogP contribution is 2.26. The summed E-state index contributed by atoms with van der Waals surface area (Å²) in [5, 5.41) is 4.42. The third-order valence-corrected chi connectivity index (χ3v) is 5.40. The summed E-state index contributed by atoms with van der Waals surface area (Å²) >= 11 is 6.06. The van der Waals surface area contributed by atoms with E-state index in [4.69, 9.17) is 11.6 Å². The maximum absolute atomic E-state index is 12.6. The summed E-state index contributed by atoms with van der Waals surface area (Å²) in [6.45, 7) is 4.51. The first-order chi connectivity index (χ1) is 12.6. The van der Waals surface area contributed by atoms with Crippen LogP contribution in [0.4, 0.5) is 11.4 Å². The molecular formula is C21H22ClN3O. The first-order valence-corrected chi connectivity index (χ1v) is 9.41. The molecule has 1 fully saturated rings. The fraction of sp³-hybridized carbons (Fsp3) is 0.286. The van der Waals surface area contributed by atoms with Crippen molar-refractivity contribution in [2.45, 2.75) is 19.8 Å². The third-order valence-electron chi connectivity index (χ3n) is 5.16. The Labute approximate surface area is 158 Å². The maximum Gasteiger partial charge on any atom is 0.257 e. The topological polar surface area (TPSA) is 48.1 Å². The molecule has 0 bridgehead atoms. The number of carbonyl (C=O) groups is 1. The Kier molecular flexibility index (Phi) is 4.60. The van der Waals surface area contributed by atoms with Crippen LogP contribution in [0.15, 0.2) is 48.7 Å². The zero-order valence-electron chi connectivity index (χ0n) is 14.8. The molecule has 5 heteroatoms. The normalized spacial score (nSPS) is 15.4. The molecule has 0 radical (unpaired) electrons. The van der Waals surface area contributed by atoms with Gasteiger partial charge in [0.2, 0.25) is 0 Å². The molecular weight excluding hydrogens is 346 g/mol. The number of H-pyrrole nitrogens is 1. The Hall–Kier alpha value is -2.46. The van der Waals surface area contributed by atoms with E-state index in [9.17, 15) is 4.79 Å². The van der Waals surface area contributed by atoms with Crippen LogP contribution in [0.25, 0.3) is 10.9 Å². The van der Waals surface area contributed by atoms with Crippen LogP contribution in [-0.2, 0) is 0 Å². The molecule has 1 aromatic heterocycles. The number of benzene rings is 2. The predicted molar refractivity (Wildman–Crippen MR) is 108 cm³/mol. The number of nitrogens with one attached hydrogen (secondary N) is 2. The lowest BCUT2D eigenvalue weighted by atomic mass is 9.99. The molecule has 2 aromatic carbocycles. The molecule has 0 spiro atoms. The molecule has 1 aliphatic rings. The number of hydrogen-bond donors (Lipinski definition) is 2. The molecule has 1 saturated heterocycles. The van der Waals surface area contributed by atoms with Crippen LogP contribution in [0.2, 0.25) is 5.02 Å². The number of amides is 1. The van der Waals surface area contributed by atoms with Gasteiger partial charge in [-0.15, -0.1) is 0 Å². The monoisotopic (exact) mass is 367 g/mol. The van der Waals surface area contributed by atoms with E-state index >= 15 is 0 Å². The minimum absolute atomic E-state index is 0.141. The van der Waals surface area contributed by atoms with Gasteiger partial charge in [0.1, 0.15) is 0 Å². The lowest BCUT2D eigenvalue weighted by Crippen LogP contribution is -2.32. The van der Waals surface area contributed by atoms with Crippen molar-refractivity contribution in [1.29, 1.82) is 0 Å². The molecule has 0 saturated carbocycles. The lowest BCUT2D eigenvalue weighted by Gasteiger charge is -2.32. The fourth-order valence-electron chi connectivity index (χ4n) is 3.50. The Morgan fingerprint density at radius 1 is 1.15 bits per heavy atom. The minimum atomic E-state index is -0.141. The van der Waals surface area contributed by atoms with Gasteiger partial charge in [-0.3, -0.25) is 4.79 Å². The summed E-state index contributed by atoms with van der Waals surface area (Å²) in [7, 11) is 0. The van der Waals surface area contributed by atoms with Gasteiger partial charge in [-0.25, -0.2) is 0 Å². The molecule has 4 nitrogen and oxygen atoms in total. The summed E-state index contributed by atoms with van der Waals surface area (Å²) < 4.78 is 0. The largest absolute Gasteiger partial charge is 0.372 e. The first-order valence-electron chi connectivity index (χ1n) is 9.03. The van der Waals surface area contributed by atoms with E-state index in [0.717, 1.165) is 35.6 Å². The molecule has 134 valence electrons. The number of nitrogens with zero attached hydrogens (tertiary/aromatic N) is 1. The van der Waals surface area contributed by atoms with Crippen molar-refractivity contribution in [3.8, 4) is 0 Å². The lowest BCUT2D eigenvalue weighted by molar-refractivity contribution is 0.102. The van der Waals surface area contributed by atoms with Gasteiger partial charge in [0.25, 0.3) is 5.91 Å². The number of fused-ring (bicyclic) bond motifs is 1. The van der Waals surface area contributed by atoms with Gasteiger partial charge < -0.3 is 15.2 Å². The molecule has 26 heavy (non-hydrogen) atoms. The summed E-state index contributed by atoms with van der Waals surface area (Å²) in [4.78, 5) is 18.2. The highest BCUT2D eigenvalue weighted by molar-refractivity contribution is 6.31.